The van der Waals surface area contributed by atoms with Gasteiger partial charge in [0, 0.05) is 12.4 Å². The number of aromatic nitrogens is 1. The highest BCUT2D eigenvalue weighted by molar-refractivity contribution is 6.19. The number of esters is 1. The second-order valence-electron chi connectivity index (χ2n) is 3.59. The van der Waals surface area contributed by atoms with Gasteiger partial charge < -0.3 is 9.57 Å². The number of pyridine rings is 1. The van der Waals surface area contributed by atoms with Crippen molar-refractivity contribution in [3.63, 3.8) is 0 Å². The van der Waals surface area contributed by atoms with Crippen LogP contribution in [0.25, 0.3) is 6.08 Å². The molecule has 0 aliphatic carbocycles. The van der Waals surface area contributed by atoms with E-state index in [4.69, 9.17) is 4.74 Å². The van der Waals surface area contributed by atoms with Gasteiger partial charge in [-0.2, -0.15) is 0 Å². The van der Waals surface area contributed by atoms with Crippen molar-refractivity contribution in [2.45, 2.75) is 6.92 Å². The number of ketones is 1. The minimum atomic E-state index is -0.995. The molecule has 0 aliphatic heterocycles. The molecule has 106 valence electrons. The molecule has 0 bridgehead atoms. The van der Waals surface area contributed by atoms with E-state index in [0.717, 1.165) is 0 Å². The van der Waals surface area contributed by atoms with Crippen molar-refractivity contribution in [1.82, 2.24) is 4.98 Å². The summed E-state index contributed by atoms with van der Waals surface area (Å²) in [6.45, 7) is 0.505. The minimum Gasteiger partial charge on any atom is -0.460 e. The van der Waals surface area contributed by atoms with Gasteiger partial charge in [0.25, 0.3) is 5.09 Å². The fraction of sp³-hybridized carbons (Fsp3) is 0.250. The number of hydrogen-bond donors (Lipinski definition) is 0. The Balaban J connectivity index is 2.67. The van der Waals surface area contributed by atoms with Crippen LogP contribution in [0, 0.1) is 10.1 Å². The fourth-order valence-corrected chi connectivity index (χ4v) is 1.26. The first-order chi connectivity index (χ1) is 9.50. The molecule has 0 radical (unpaired) electrons. The third-order valence-corrected chi connectivity index (χ3v) is 2.11. The lowest BCUT2D eigenvalue weighted by atomic mass is 10.1. The summed E-state index contributed by atoms with van der Waals surface area (Å²) in [5.41, 5.74) is 0.398. The smallest absolute Gasteiger partial charge is 0.341 e. The molecule has 1 aromatic rings. The summed E-state index contributed by atoms with van der Waals surface area (Å²) in [5.74, 6) is -1.35. The first-order valence-electron chi connectivity index (χ1n) is 5.58. The van der Waals surface area contributed by atoms with Gasteiger partial charge in [0.1, 0.15) is 18.8 Å². The molecule has 0 spiro atoms. The number of rotatable bonds is 7. The number of ether oxygens (including phenoxy) is 1. The number of Topliss-reactive ketones (excluding diaryl/α,β-unsaturated/α-hetero) is 1. The van der Waals surface area contributed by atoms with Crippen molar-refractivity contribution < 1.29 is 24.3 Å². The zero-order valence-corrected chi connectivity index (χ0v) is 10.6. The molecule has 0 fully saturated rings. The van der Waals surface area contributed by atoms with Crippen molar-refractivity contribution in [2.75, 3.05) is 13.2 Å². The van der Waals surface area contributed by atoms with Crippen LogP contribution in [0.1, 0.15) is 12.5 Å². The third-order valence-electron chi connectivity index (χ3n) is 2.11. The molecular formula is C12H12N2O6. The van der Waals surface area contributed by atoms with Crippen LogP contribution >= 0.6 is 0 Å². The highest BCUT2D eigenvalue weighted by Gasteiger charge is 2.16. The predicted octanol–water partition coefficient (Wildman–Crippen LogP) is 0.805. The fourth-order valence-electron chi connectivity index (χ4n) is 1.26. The van der Waals surface area contributed by atoms with Crippen LogP contribution < -0.4 is 0 Å². The molecule has 0 unspecified atom stereocenters. The van der Waals surface area contributed by atoms with Crippen molar-refractivity contribution in [3.05, 3.63) is 45.8 Å². The molecule has 0 saturated carbocycles. The van der Waals surface area contributed by atoms with Crippen LogP contribution in [0.15, 0.2) is 30.1 Å². The maximum Gasteiger partial charge on any atom is 0.341 e. The summed E-state index contributed by atoms with van der Waals surface area (Å²) in [4.78, 5) is 40.8. The minimum absolute atomic E-state index is 0.167. The highest BCUT2D eigenvalue weighted by Crippen LogP contribution is 2.08. The second kappa shape index (κ2) is 7.62. The molecule has 0 N–H and O–H groups in total. The van der Waals surface area contributed by atoms with Crippen molar-refractivity contribution >= 4 is 17.8 Å². The lowest BCUT2D eigenvalue weighted by molar-refractivity contribution is -0.757. The van der Waals surface area contributed by atoms with E-state index in [1.165, 1.54) is 19.2 Å². The monoisotopic (exact) mass is 280 g/mol. The number of hydrogen-bond acceptors (Lipinski definition) is 7. The molecule has 1 heterocycles. The summed E-state index contributed by atoms with van der Waals surface area (Å²) in [7, 11) is 0. The van der Waals surface area contributed by atoms with E-state index in [9.17, 15) is 19.7 Å². The summed E-state index contributed by atoms with van der Waals surface area (Å²) < 4.78 is 4.71. The second-order valence-corrected chi connectivity index (χ2v) is 3.59. The first-order valence-corrected chi connectivity index (χ1v) is 5.58. The van der Waals surface area contributed by atoms with Gasteiger partial charge >= 0.3 is 5.97 Å². The average molecular weight is 280 g/mol. The van der Waals surface area contributed by atoms with E-state index in [0.29, 0.717) is 5.56 Å². The van der Waals surface area contributed by atoms with Gasteiger partial charge in [-0.1, -0.05) is 6.07 Å². The van der Waals surface area contributed by atoms with Crippen LogP contribution in [-0.4, -0.2) is 35.0 Å². The molecule has 0 saturated heterocycles. The van der Waals surface area contributed by atoms with Crippen molar-refractivity contribution in [1.29, 1.82) is 0 Å². The topological polar surface area (TPSA) is 109 Å². The van der Waals surface area contributed by atoms with Crippen LogP contribution in [0.5, 0.6) is 0 Å². The Bertz CT molecular complexity index is 526. The largest absolute Gasteiger partial charge is 0.460 e. The van der Waals surface area contributed by atoms with Crippen LogP contribution in [0.2, 0.25) is 0 Å². The zero-order chi connectivity index (χ0) is 15.0. The number of carbonyl (C=O) groups is 2. The summed E-state index contributed by atoms with van der Waals surface area (Å²) in [5, 5.41) is 8.90. The molecule has 0 atom stereocenters. The van der Waals surface area contributed by atoms with E-state index in [1.807, 2.05) is 0 Å². The molecule has 0 amide bonds. The molecule has 8 nitrogen and oxygen atoms in total. The quantitative estimate of drug-likeness (QED) is 0.138. The standard InChI is InChI=1S/C12H12N2O6/c1-9(15)11(7-10-3-2-4-13-8-10)12(16)19-5-6-20-14(17)18/h2-4,7-8H,5-6H2,1H3. The molecule has 0 aromatic carbocycles. The van der Waals surface area contributed by atoms with Crippen molar-refractivity contribution in [2.24, 2.45) is 0 Å². The normalized spacial score (nSPS) is 10.8. The maximum absolute atomic E-state index is 11.7. The van der Waals surface area contributed by atoms with Gasteiger partial charge in [-0.05, 0) is 24.6 Å². The van der Waals surface area contributed by atoms with Crippen LogP contribution in [0.3, 0.4) is 0 Å². The van der Waals surface area contributed by atoms with Gasteiger partial charge in [-0.3, -0.25) is 9.78 Å². The van der Waals surface area contributed by atoms with Crippen LogP contribution in [-0.2, 0) is 19.2 Å². The Morgan fingerprint density at radius 2 is 2.20 bits per heavy atom. The van der Waals surface area contributed by atoms with Crippen molar-refractivity contribution in [3.8, 4) is 0 Å². The lowest BCUT2D eigenvalue weighted by Gasteiger charge is -2.05. The summed E-state index contributed by atoms with van der Waals surface area (Å²) in [6.07, 6.45) is 4.37. The Kier molecular flexibility index (Phi) is 5.82. The lowest BCUT2D eigenvalue weighted by Crippen LogP contribution is -2.17. The van der Waals surface area contributed by atoms with E-state index in [2.05, 4.69) is 9.82 Å². The summed E-state index contributed by atoms with van der Waals surface area (Å²) in [6, 6.07) is 3.32. The van der Waals surface area contributed by atoms with Gasteiger partial charge in [0.2, 0.25) is 0 Å². The van der Waals surface area contributed by atoms with Crippen LogP contribution in [0.4, 0.5) is 0 Å². The molecule has 20 heavy (non-hydrogen) atoms. The van der Waals surface area contributed by atoms with E-state index in [-0.39, 0.29) is 12.2 Å². The van der Waals surface area contributed by atoms with E-state index >= 15 is 0 Å². The van der Waals surface area contributed by atoms with E-state index in [1.54, 1.807) is 18.3 Å². The summed E-state index contributed by atoms with van der Waals surface area (Å²) >= 11 is 0. The molecular weight excluding hydrogens is 268 g/mol. The Morgan fingerprint density at radius 3 is 2.75 bits per heavy atom. The molecule has 8 heteroatoms. The third kappa shape index (κ3) is 5.25. The SMILES string of the molecule is CC(=O)C(=Cc1cccnc1)C(=O)OCCO[N+](=O)[O-]. The first kappa shape index (κ1) is 15.3. The van der Waals surface area contributed by atoms with Gasteiger partial charge in [-0.15, -0.1) is 10.1 Å². The van der Waals surface area contributed by atoms with E-state index < -0.39 is 23.4 Å². The Morgan fingerprint density at radius 1 is 1.45 bits per heavy atom. The average Bonchev–Trinajstić information content (AvgIpc) is 2.41. The number of carbonyl (C=O) groups excluding carboxylic acids is 2. The predicted molar refractivity (Wildman–Crippen MR) is 66.8 cm³/mol. The highest BCUT2D eigenvalue weighted by atomic mass is 17.0. The molecule has 0 aliphatic rings. The Hall–Kier alpha value is -2.77. The number of nitrogens with zero attached hydrogens (tertiary/aromatic N) is 2. The molecule has 1 aromatic heterocycles. The maximum atomic E-state index is 11.7. The zero-order valence-electron chi connectivity index (χ0n) is 10.6. The Labute approximate surface area is 114 Å². The molecule has 1 rings (SSSR count). The van der Waals surface area contributed by atoms with Gasteiger partial charge in [0.05, 0.1) is 0 Å². The van der Waals surface area contributed by atoms with Gasteiger partial charge in [-0.25, -0.2) is 4.79 Å². The van der Waals surface area contributed by atoms with Gasteiger partial charge in [0.15, 0.2) is 5.78 Å².